The van der Waals surface area contributed by atoms with Crippen molar-refractivity contribution < 1.29 is 19.1 Å². The average molecular weight is 508 g/mol. The number of hydrogen-bond donors (Lipinski definition) is 1. The number of nitrogens with one attached hydrogen (secondary N) is 1. The molecule has 3 heterocycles. The molecule has 190 valence electrons. The van der Waals surface area contributed by atoms with Gasteiger partial charge in [0.1, 0.15) is 25.1 Å². The lowest BCUT2D eigenvalue weighted by atomic mass is 10.1. The minimum Gasteiger partial charge on any atom is -0.489 e. The summed E-state index contributed by atoms with van der Waals surface area (Å²) in [5, 5.41) is 8.10. The summed E-state index contributed by atoms with van der Waals surface area (Å²) in [6.07, 6.45) is 4.13. The van der Waals surface area contributed by atoms with E-state index in [1.54, 1.807) is 11.7 Å². The summed E-state index contributed by atoms with van der Waals surface area (Å²) in [4.78, 5) is 32.7. The Balaban J connectivity index is 1.38. The van der Waals surface area contributed by atoms with Crippen LogP contribution < -0.4 is 15.0 Å². The Hall–Kier alpha value is -3.24. The van der Waals surface area contributed by atoms with Crippen LogP contribution in [-0.4, -0.2) is 61.0 Å². The van der Waals surface area contributed by atoms with Crippen LogP contribution in [-0.2, 0) is 16.3 Å². The van der Waals surface area contributed by atoms with Gasteiger partial charge < -0.3 is 19.7 Å². The summed E-state index contributed by atoms with van der Waals surface area (Å²) in [5.74, 6) is 0.409. The fourth-order valence-electron chi connectivity index (χ4n) is 4.29. The van der Waals surface area contributed by atoms with Crippen LogP contribution in [0.25, 0.3) is 11.0 Å². The van der Waals surface area contributed by atoms with Gasteiger partial charge in [-0.15, -0.1) is 0 Å². The Kier molecular flexibility index (Phi) is 6.56. The van der Waals surface area contributed by atoms with E-state index in [0.29, 0.717) is 35.0 Å². The van der Waals surface area contributed by atoms with Gasteiger partial charge in [0.25, 0.3) is 11.8 Å². The van der Waals surface area contributed by atoms with Crippen molar-refractivity contribution in [3.05, 3.63) is 47.8 Å². The van der Waals surface area contributed by atoms with Gasteiger partial charge >= 0.3 is 0 Å². The van der Waals surface area contributed by atoms with Crippen LogP contribution in [0.5, 0.6) is 5.75 Å². The molecule has 5 rings (SSSR count). The first-order chi connectivity index (χ1) is 17.2. The van der Waals surface area contributed by atoms with Crippen LogP contribution >= 0.6 is 0 Å². The molecule has 1 fully saturated rings. The number of nitrogens with zero attached hydrogens (tertiary/aromatic N) is 4. The molecule has 1 aliphatic carbocycles. The SMILES string of the molecule is CN1C(=O)[C@@H](NC(=O)c2nn(COCC[Si](C)(C)C)c3ncc(C4CC4)cc23)COc2ccccc21. The van der Waals surface area contributed by atoms with Gasteiger partial charge in [-0.05, 0) is 48.6 Å². The van der Waals surface area contributed by atoms with Crippen molar-refractivity contribution >= 4 is 36.6 Å². The van der Waals surface area contributed by atoms with Crippen molar-refractivity contribution in [1.82, 2.24) is 20.1 Å². The van der Waals surface area contributed by atoms with Gasteiger partial charge in [0.05, 0.1) is 11.1 Å². The topological polar surface area (TPSA) is 98.6 Å². The summed E-state index contributed by atoms with van der Waals surface area (Å²) in [6.45, 7) is 7.80. The van der Waals surface area contributed by atoms with E-state index in [-0.39, 0.29) is 24.9 Å². The Morgan fingerprint density at radius 3 is 2.78 bits per heavy atom. The average Bonchev–Trinajstić information content (AvgIpc) is 3.65. The van der Waals surface area contributed by atoms with Gasteiger partial charge in [-0.2, -0.15) is 5.10 Å². The van der Waals surface area contributed by atoms with Crippen LogP contribution in [0.1, 0.15) is 34.8 Å². The zero-order valence-electron chi connectivity index (χ0n) is 21.3. The number of anilines is 1. The highest BCUT2D eigenvalue weighted by atomic mass is 28.3. The molecule has 36 heavy (non-hydrogen) atoms. The largest absolute Gasteiger partial charge is 0.489 e. The molecule has 0 bridgehead atoms. The summed E-state index contributed by atoms with van der Waals surface area (Å²) >= 11 is 0. The number of ether oxygens (including phenoxy) is 2. The number of pyridine rings is 1. The predicted octanol–water partition coefficient (Wildman–Crippen LogP) is 3.77. The Bertz CT molecular complexity index is 1300. The van der Waals surface area contributed by atoms with Gasteiger partial charge in [-0.1, -0.05) is 31.8 Å². The quantitative estimate of drug-likeness (QED) is 0.368. The zero-order valence-corrected chi connectivity index (χ0v) is 22.3. The van der Waals surface area contributed by atoms with Crippen LogP contribution in [0.2, 0.25) is 25.7 Å². The van der Waals surface area contributed by atoms with Crippen LogP contribution in [0.15, 0.2) is 36.5 Å². The molecule has 2 amide bonds. The van der Waals surface area contributed by atoms with E-state index in [9.17, 15) is 9.59 Å². The molecule has 1 N–H and O–H groups in total. The standard InChI is InChI=1S/C26H33N5O4Si/c1-30-21-7-5-6-8-22(21)35-15-20(26(30)33)28-25(32)23-19-13-18(17-9-10-17)14-27-24(19)31(29-23)16-34-11-12-36(2,3)4/h5-8,13-14,17,20H,9-12,15-16H2,1-4H3,(H,28,32)/t20-/m0/s1. The third-order valence-corrected chi connectivity index (χ3v) is 8.35. The zero-order chi connectivity index (χ0) is 25.4. The lowest BCUT2D eigenvalue weighted by molar-refractivity contribution is -0.120. The molecule has 9 nitrogen and oxygen atoms in total. The lowest BCUT2D eigenvalue weighted by Gasteiger charge is -2.20. The fourth-order valence-corrected chi connectivity index (χ4v) is 5.04. The van der Waals surface area contributed by atoms with Crippen molar-refractivity contribution in [3.63, 3.8) is 0 Å². The number of fused-ring (bicyclic) bond motifs is 2. The number of likely N-dealkylation sites (N-methyl/N-ethyl adjacent to an activating group) is 1. The van der Waals surface area contributed by atoms with E-state index in [1.165, 1.54) is 4.90 Å². The highest BCUT2D eigenvalue weighted by molar-refractivity contribution is 6.76. The normalized spacial score (nSPS) is 18.1. The van der Waals surface area contributed by atoms with Crippen molar-refractivity contribution in [1.29, 1.82) is 0 Å². The second-order valence-electron chi connectivity index (χ2n) is 10.8. The van der Waals surface area contributed by atoms with E-state index >= 15 is 0 Å². The fraction of sp³-hybridized carbons (Fsp3) is 0.462. The smallest absolute Gasteiger partial charge is 0.273 e. The maximum atomic E-state index is 13.5. The molecule has 1 aromatic carbocycles. The molecule has 0 unspecified atom stereocenters. The predicted molar refractivity (Wildman–Crippen MR) is 140 cm³/mol. The van der Waals surface area contributed by atoms with Gasteiger partial charge in [0.15, 0.2) is 11.3 Å². The van der Waals surface area contributed by atoms with Gasteiger partial charge in [-0.3, -0.25) is 9.59 Å². The second-order valence-corrected chi connectivity index (χ2v) is 16.4. The number of carbonyl (C=O) groups excluding carboxylic acids is 2. The van der Waals surface area contributed by atoms with Gasteiger partial charge in [0, 0.05) is 27.9 Å². The van der Waals surface area contributed by atoms with Gasteiger partial charge in [0.2, 0.25) is 0 Å². The third-order valence-electron chi connectivity index (χ3n) is 6.65. The molecule has 1 saturated carbocycles. The highest BCUT2D eigenvalue weighted by Crippen LogP contribution is 2.40. The molecular weight excluding hydrogens is 474 g/mol. The second kappa shape index (κ2) is 9.66. The van der Waals surface area contributed by atoms with Gasteiger partial charge in [-0.25, -0.2) is 9.67 Å². The van der Waals surface area contributed by atoms with E-state index in [4.69, 9.17) is 9.47 Å². The van der Waals surface area contributed by atoms with Crippen LogP contribution in [0, 0.1) is 0 Å². The maximum Gasteiger partial charge on any atom is 0.273 e. The first-order valence-corrected chi connectivity index (χ1v) is 16.2. The monoisotopic (exact) mass is 507 g/mol. The molecule has 1 aliphatic heterocycles. The van der Waals surface area contributed by atoms with E-state index in [2.05, 4.69) is 35.0 Å². The minimum absolute atomic E-state index is 0.0376. The number of hydrogen-bond acceptors (Lipinski definition) is 6. The first kappa shape index (κ1) is 24.5. The Morgan fingerprint density at radius 2 is 2.03 bits per heavy atom. The van der Waals surface area contributed by atoms with Crippen LogP contribution in [0.3, 0.4) is 0 Å². The number of aromatic nitrogens is 3. The van der Waals surface area contributed by atoms with E-state index in [0.717, 1.165) is 24.4 Å². The van der Waals surface area contributed by atoms with E-state index in [1.807, 2.05) is 36.5 Å². The maximum absolute atomic E-state index is 13.5. The molecule has 3 aromatic rings. The molecule has 0 spiro atoms. The summed E-state index contributed by atoms with van der Waals surface area (Å²) in [6, 6.07) is 9.53. The number of carbonyl (C=O) groups is 2. The summed E-state index contributed by atoms with van der Waals surface area (Å²) < 4.78 is 13.4. The molecular formula is C26H33N5O4Si. The molecule has 1 atom stereocenters. The van der Waals surface area contributed by atoms with E-state index < -0.39 is 20.0 Å². The highest BCUT2D eigenvalue weighted by Gasteiger charge is 2.32. The number of para-hydroxylation sites is 2. The molecule has 2 aliphatic rings. The van der Waals surface area contributed by atoms with Crippen molar-refractivity contribution in [2.24, 2.45) is 0 Å². The van der Waals surface area contributed by atoms with Crippen molar-refractivity contribution in [2.75, 3.05) is 25.2 Å². The Morgan fingerprint density at radius 1 is 1.25 bits per heavy atom. The number of benzene rings is 1. The Labute approximate surface area is 211 Å². The van der Waals surface area contributed by atoms with Crippen molar-refractivity contribution in [3.8, 4) is 5.75 Å². The van der Waals surface area contributed by atoms with Crippen molar-refractivity contribution in [2.45, 2.75) is 57.2 Å². The number of amides is 2. The first-order valence-electron chi connectivity index (χ1n) is 12.5. The summed E-state index contributed by atoms with van der Waals surface area (Å²) in [7, 11) is 0.461. The lowest BCUT2D eigenvalue weighted by Crippen LogP contribution is -2.49. The molecule has 0 radical (unpaired) electrons. The minimum atomic E-state index is -1.22. The third kappa shape index (κ3) is 5.14. The molecule has 2 aromatic heterocycles. The summed E-state index contributed by atoms with van der Waals surface area (Å²) in [5.41, 5.74) is 2.62. The number of rotatable bonds is 8. The van der Waals surface area contributed by atoms with Crippen LogP contribution in [0.4, 0.5) is 5.69 Å². The molecule has 0 saturated heterocycles. The molecule has 10 heteroatoms.